The Labute approximate surface area is 82.4 Å². The van der Waals surface area contributed by atoms with E-state index in [9.17, 15) is 0 Å². The van der Waals surface area contributed by atoms with E-state index in [1.54, 1.807) is 0 Å². The van der Waals surface area contributed by atoms with Crippen molar-refractivity contribution in [3.8, 4) is 0 Å². The van der Waals surface area contributed by atoms with Gasteiger partial charge in [-0.25, -0.2) is 4.98 Å². The Morgan fingerprint density at radius 3 is 2.62 bits per heavy atom. The number of aryl methyl sites for hydroxylation is 1. The molecule has 0 saturated carbocycles. The molecule has 2 aromatic rings. The van der Waals surface area contributed by atoms with Gasteiger partial charge in [-0.1, -0.05) is 42.8 Å². The van der Waals surface area contributed by atoms with Gasteiger partial charge in [0, 0.05) is 11.6 Å². The van der Waals surface area contributed by atoms with Crippen molar-refractivity contribution in [2.45, 2.75) is 13.3 Å². The lowest BCUT2D eigenvalue weighted by molar-refractivity contribution is 1.13. The summed E-state index contributed by atoms with van der Waals surface area (Å²) in [6, 6.07) is 8.10. The molecule has 0 radical (unpaired) electrons. The molecule has 0 fully saturated rings. The van der Waals surface area contributed by atoms with Gasteiger partial charge >= 0.3 is 0 Å². The number of hydrogen-bond donors (Lipinski definition) is 0. The average molecular weight is 192 g/mol. The van der Waals surface area contributed by atoms with Crippen LogP contribution in [0.25, 0.3) is 10.8 Å². The van der Waals surface area contributed by atoms with Gasteiger partial charge in [-0.3, -0.25) is 0 Å². The highest BCUT2D eigenvalue weighted by Gasteiger charge is 2.02. The van der Waals surface area contributed by atoms with Crippen molar-refractivity contribution in [3.05, 3.63) is 41.2 Å². The molecule has 1 aromatic heterocycles. The summed E-state index contributed by atoms with van der Waals surface area (Å²) in [7, 11) is 0. The molecule has 66 valence electrons. The molecule has 2 rings (SSSR count). The second-order valence-corrected chi connectivity index (χ2v) is 3.33. The van der Waals surface area contributed by atoms with Crippen molar-refractivity contribution in [3.63, 3.8) is 0 Å². The van der Waals surface area contributed by atoms with E-state index in [-0.39, 0.29) is 0 Å². The Kier molecular flexibility index (Phi) is 2.19. The molecule has 0 aliphatic heterocycles. The Morgan fingerprint density at radius 1 is 1.23 bits per heavy atom. The molecule has 0 saturated heterocycles. The summed E-state index contributed by atoms with van der Waals surface area (Å²) in [6.07, 6.45) is 2.84. The Balaban J connectivity index is 2.84. The molecule has 0 atom stereocenters. The van der Waals surface area contributed by atoms with Gasteiger partial charge < -0.3 is 0 Å². The zero-order valence-corrected chi connectivity index (χ0v) is 8.17. The molecular weight excluding hydrogens is 182 g/mol. The van der Waals surface area contributed by atoms with E-state index >= 15 is 0 Å². The molecule has 0 amide bonds. The first kappa shape index (κ1) is 8.52. The van der Waals surface area contributed by atoms with Crippen molar-refractivity contribution < 1.29 is 0 Å². The maximum atomic E-state index is 5.97. The van der Waals surface area contributed by atoms with Crippen LogP contribution >= 0.6 is 11.6 Å². The molecular formula is C11H10ClN. The lowest BCUT2D eigenvalue weighted by Crippen LogP contribution is -1.87. The van der Waals surface area contributed by atoms with E-state index in [0.717, 1.165) is 11.8 Å². The van der Waals surface area contributed by atoms with E-state index in [0.29, 0.717) is 5.15 Å². The predicted octanol–water partition coefficient (Wildman–Crippen LogP) is 3.45. The Bertz CT molecular complexity index is 437. The molecule has 0 bridgehead atoms. The van der Waals surface area contributed by atoms with Gasteiger partial charge in [-0.05, 0) is 17.4 Å². The SMILES string of the molecule is CCc1cnc(Cl)c2ccccc12. The van der Waals surface area contributed by atoms with E-state index in [4.69, 9.17) is 11.6 Å². The zero-order valence-electron chi connectivity index (χ0n) is 7.42. The maximum absolute atomic E-state index is 5.97. The van der Waals surface area contributed by atoms with Gasteiger partial charge in [0.05, 0.1) is 0 Å². The highest BCUT2D eigenvalue weighted by molar-refractivity contribution is 6.34. The van der Waals surface area contributed by atoms with Crippen molar-refractivity contribution >= 4 is 22.4 Å². The Morgan fingerprint density at radius 2 is 1.92 bits per heavy atom. The summed E-state index contributed by atoms with van der Waals surface area (Å²) >= 11 is 5.97. The summed E-state index contributed by atoms with van der Waals surface area (Å²) in [5, 5.41) is 2.85. The number of nitrogens with zero attached hydrogens (tertiary/aromatic N) is 1. The van der Waals surface area contributed by atoms with Gasteiger partial charge in [0.2, 0.25) is 0 Å². The minimum absolute atomic E-state index is 0.591. The minimum Gasteiger partial charge on any atom is -0.244 e. The van der Waals surface area contributed by atoms with Crippen molar-refractivity contribution in [1.82, 2.24) is 4.98 Å². The first-order chi connectivity index (χ1) is 6.33. The van der Waals surface area contributed by atoms with Crippen LogP contribution in [0.15, 0.2) is 30.5 Å². The van der Waals surface area contributed by atoms with Crippen LogP contribution in [-0.2, 0) is 6.42 Å². The number of benzene rings is 1. The van der Waals surface area contributed by atoms with Crippen LogP contribution in [-0.4, -0.2) is 4.98 Å². The zero-order chi connectivity index (χ0) is 9.26. The van der Waals surface area contributed by atoms with Gasteiger partial charge in [-0.2, -0.15) is 0 Å². The Hall–Kier alpha value is -1.08. The molecule has 0 aliphatic carbocycles. The van der Waals surface area contributed by atoms with E-state index in [2.05, 4.69) is 18.0 Å². The molecule has 0 N–H and O–H groups in total. The number of rotatable bonds is 1. The lowest BCUT2D eigenvalue weighted by atomic mass is 10.1. The van der Waals surface area contributed by atoms with Crippen LogP contribution < -0.4 is 0 Å². The van der Waals surface area contributed by atoms with Crippen LogP contribution in [0, 0.1) is 0 Å². The van der Waals surface area contributed by atoms with Crippen molar-refractivity contribution in [1.29, 1.82) is 0 Å². The molecule has 1 nitrogen and oxygen atoms in total. The number of hydrogen-bond acceptors (Lipinski definition) is 1. The molecule has 0 spiro atoms. The monoisotopic (exact) mass is 191 g/mol. The summed E-state index contributed by atoms with van der Waals surface area (Å²) in [6.45, 7) is 2.12. The number of aromatic nitrogens is 1. The molecule has 1 heterocycles. The molecule has 0 unspecified atom stereocenters. The number of halogens is 1. The highest BCUT2D eigenvalue weighted by Crippen LogP contribution is 2.24. The van der Waals surface area contributed by atoms with Gasteiger partial charge in [0.25, 0.3) is 0 Å². The summed E-state index contributed by atoms with van der Waals surface area (Å²) in [4.78, 5) is 4.14. The van der Waals surface area contributed by atoms with Crippen molar-refractivity contribution in [2.24, 2.45) is 0 Å². The summed E-state index contributed by atoms with van der Waals surface area (Å²) in [5.41, 5.74) is 1.25. The van der Waals surface area contributed by atoms with Crippen molar-refractivity contribution in [2.75, 3.05) is 0 Å². The number of fused-ring (bicyclic) bond motifs is 1. The highest BCUT2D eigenvalue weighted by atomic mass is 35.5. The standard InChI is InChI=1S/C11H10ClN/c1-2-8-7-13-11(12)10-6-4-3-5-9(8)10/h3-7H,2H2,1H3. The normalized spacial score (nSPS) is 10.6. The largest absolute Gasteiger partial charge is 0.244 e. The van der Waals surface area contributed by atoms with Crippen LogP contribution in [0.3, 0.4) is 0 Å². The molecule has 2 heteroatoms. The summed E-state index contributed by atoms with van der Waals surface area (Å²) < 4.78 is 0. The third kappa shape index (κ3) is 1.40. The lowest BCUT2D eigenvalue weighted by Gasteiger charge is -2.04. The first-order valence-electron chi connectivity index (χ1n) is 4.35. The molecule has 1 aromatic carbocycles. The second-order valence-electron chi connectivity index (χ2n) is 2.97. The quantitative estimate of drug-likeness (QED) is 0.630. The van der Waals surface area contributed by atoms with Crippen LogP contribution in [0.5, 0.6) is 0 Å². The fraction of sp³-hybridized carbons (Fsp3) is 0.182. The fourth-order valence-electron chi connectivity index (χ4n) is 1.50. The molecule has 13 heavy (non-hydrogen) atoms. The third-order valence-electron chi connectivity index (χ3n) is 2.21. The topological polar surface area (TPSA) is 12.9 Å². The van der Waals surface area contributed by atoms with Gasteiger partial charge in [0.15, 0.2) is 0 Å². The number of pyridine rings is 1. The van der Waals surface area contributed by atoms with E-state index < -0.39 is 0 Å². The predicted molar refractivity (Wildman–Crippen MR) is 56.1 cm³/mol. The van der Waals surface area contributed by atoms with Crippen LogP contribution in [0.4, 0.5) is 0 Å². The fourth-order valence-corrected chi connectivity index (χ4v) is 1.71. The average Bonchev–Trinajstić information content (AvgIpc) is 2.19. The molecule has 0 aliphatic rings. The first-order valence-corrected chi connectivity index (χ1v) is 4.73. The van der Waals surface area contributed by atoms with Crippen LogP contribution in [0.2, 0.25) is 5.15 Å². The second kappa shape index (κ2) is 3.35. The maximum Gasteiger partial charge on any atom is 0.136 e. The minimum atomic E-state index is 0.591. The van der Waals surface area contributed by atoms with Crippen LogP contribution in [0.1, 0.15) is 12.5 Å². The van der Waals surface area contributed by atoms with E-state index in [1.165, 1.54) is 10.9 Å². The summed E-state index contributed by atoms with van der Waals surface area (Å²) in [5.74, 6) is 0. The van der Waals surface area contributed by atoms with Gasteiger partial charge in [0.1, 0.15) is 5.15 Å². The van der Waals surface area contributed by atoms with Gasteiger partial charge in [-0.15, -0.1) is 0 Å². The third-order valence-corrected chi connectivity index (χ3v) is 2.51. The van der Waals surface area contributed by atoms with E-state index in [1.807, 2.05) is 24.4 Å². The smallest absolute Gasteiger partial charge is 0.136 e.